The van der Waals surface area contributed by atoms with E-state index in [1.54, 1.807) is 0 Å². The van der Waals surface area contributed by atoms with Crippen molar-refractivity contribution < 1.29 is 0 Å². The van der Waals surface area contributed by atoms with Crippen LogP contribution in [0, 0.1) is 5.41 Å². The van der Waals surface area contributed by atoms with Crippen molar-refractivity contribution >= 4 is 16.9 Å². The third-order valence-electron chi connectivity index (χ3n) is 5.90. The van der Waals surface area contributed by atoms with Crippen molar-refractivity contribution in [3.05, 3.63) is 0 Å². The van der Waals surface area contributed by atoms with Gasteiger partial charge in [0.25, 0.3) is 0 Å². The van der Waals surface area contributed by atoms with E-state index >= 15 is 0 Å². The largest absolute Gasteiger partial charge is 0.361 e. The number of rotatable bonds is 1. The van der Waals surface area contributed by atoms with E-state index in [1.165, 1.54) is 75.4 Å². The lowest BCUT2D eigenvalue weighted by molar-refractivity contribution is 0.185. The maximum atomic E-state index is 4.92. The Labute approximate surface area is 127 Å². The zero-order chi connectivity index (χ0) is 13.4. The molecule has 2 saturated heterocycles. The molecule has 20 heavy (non-hydrogen) atoms. The van der Waals surface area contributed by atoms with E-state index in [2.05, 4.69) is 10.2 Å². The van der Waals surface area contributed by atoms with Crippen molar-refractivity contribution in [2.24, 2.45) is 10.4 Å². The van der Waals surface area contributed by atoms with Crippen LogP contribution in [0.1, 0.15) is 51.4 Å². The first-order valence-electron chi connectivity index (χ1n) is 8.53. The monoisotopic (exact) mass is 293 g/mol. The van der Waals surface area contributed by atoms with Crippen molar-refractivity contribution in [1.29, 1.82) is 0 Å². The maximum absolute atomic E-state index is 4.92. The van der Waals surface area contributed by atoms with Crippen LogP contribution in [0.2, 0.25) is 0 Å². The lowest BCUT2D eigenvalue weighted by Crippen LogP contribution is -2.47. The average molecular weight is 293 g/mol. The molecule has 0 bridgehead atoms. The Morgan fingerprint density at radius 2 is 2.00 bits per heavy atom. The van der Waals surface area contributed by atoms with Gasteiger partial charge in [-0.1, -0.05) is 31.0 Å². The molecule has 4 aliphatic rings. The molecule has 1 N–H and O–H groups in total. The highest BCUT2D eigenvalue weighted by atomic mass is 32.2. The first-order valence-corrected chi connectivity index (χ1v) is 9.51. The van der Waals surface area contributed by atoms with Crippen LogP contribution in [-0.4, -0.2) is 47.5 Å². The molecule has 2 unspecified atom stereocenters. The zero-order valence-electron chi connectivity index (χ0n) is 12.4. The van der Waals surface area contributed by atoms with Gasteiger partial charge in [-0.15, -0.1) is 0 Å². The lowest BCUT2D eigenvalue weighted by atomic mass is 9.89. The molecule has 0 amide bonds. The molecule has 1 spiro atoms. The van der Waals surface area contributed by atoms with Gasteiger partial charge in [0.15, 0.2) is 5.17 Å². The fourth-order valence-electron chi connectivity index (χ4n) is 4.64. The Morgan fingerprint density at radius 3 is 2.80 bits per heavy atom. The second-order valence-corrected chi connectivity index (χ2v) is 8.22. The summed E-state index contributed by atoms with van der Waals surface area (Å²) in [7, 11) is 0. The summed E-state index contributed by atoms with van der Waals surface area (Å²) in [6, 6.07) is 1.45. The third-order valence-corrected chi connectivity index (χ3v) is 7.18. The van der Waals surface area contributed by atoms with E-state index in [0.29, 0.717) is 11.5 Å². The minimum atomic E-state index is 0.572. The molecule has 3 aliphatic heterocycles. The Morgan fingerprint density at radius 1 is 1.10 bits per heavy atom. The van der Waals surface area contributed by atoms with Crippen molar-refractivity contribution in [3.8, 4) is 0 Å². The summed E-state index contributed by atoms with van der Waals surface area (Å²) in [5, 5.41) is 5.04. The summed E-state index contributed by atoms with van der Waals surface area (Å²) in [5.74, 6) is 1.31. The number of fused-ring (bicyclic) bond motifs is 1. The van der Waals surface area contributed by atoms with Crippen molar-refractivity contribution in [2.45, 2.75) is 63.5 Å². The minimum absolute atomic E-state index is 0.572. The molecule has 112 valence electrons. The summed E-state index contributed by atoms with van der Waals surface area (Å²) in [5.41, 5.74) is 0.572. The van der Waals surface area contributed by atoms with Crippen LogP contribution in [0.15, 0.2) is 4.99 Å². The van der Waals surface area contributed by atoms with E-state index in [-0.39, 0.29) is 0 Å². The number of hydrogen-bond acceptors (Lipinski definition) is 4. The number of piperidine rings is 1. The van der Waals surface area contributed by atoms with Crippen molar-refractivity contribution in [2.75, 3.05) is 25.4 Å². The van der Waals surface area contributed by atoms with Gasteiger partial charge in [0.1, 0.15) is 0 Å². The Kier molecular flexibility index (Phi) is 3.71. The number of nitrogens with zero attached hydrogens (tertiary/aromatic N) is 2. The van der Waals surface area contributed by atoms with Crippen molar-refractivity contribution in [1.82, 2.24) is 10.2 Å². The second kappa shape index (κ2) is 5.53. The quantitative estimate of drug-likeness (QED) is 0.805. The highest BCUT2D eigenvalue weighted by molar-refractivity contribution is 8.13. The predicted molar refractivity (Wildman–Crippen MR) is 86.4 cm³/mol. The number of thioether (sulfide) groups is 1. The minimum Gasteiger partial charge on any atom is -0.361 e. The smallest absolute Gasteiger partial charge is 0.156 e. The van der Waals surface area contributed by atoms with Crippen LogP contribution < -0.4 is 5.32 Å². The normalized spacial score (nSPS) is 36.9. The van der Waals surface area contributed by atoms with Crippen LogP contribution in [-0.2, 0) is 0 Å². The number of hydrogen-bond donors (Lipinski definition) is 1. The van der Waals surface area contributed by atoms with Crippen LogP contribution in [0.5, 0.6) is 0 Å². The molecule has 4 rings (SSSR count). The van der Waals surface area contributed by atoms with E-state index in [9.17, 15) is 0 Å². The van der Waals surface area contributed by atoms with E-state index in [4.69, 9.17) is 4.99 Å². The molecule has 0 aromatic heterocycles. The van der Waals surface area contributed by atoms with Gasteiger partial charge in [-0.2, -0.15) is 0 Å². The second-order valence-electron chi connectivity index (χ2n) is 7.26. The van der Waals surface area contributed by atoms with Gasteiger partial charge in [0.05, 0.1) is 0 Å². The van der Waals surface area contributed by atoms with Crippen molar-refractivity contribution in [3.63, 3.8) is 0 Å². The Bertz CT molecular complexity index is 389. The molecule has 4 heteroatoms. The molecule has 0 aromatic carbocycles. The molecule has 2 atom stereocenters. The predicted octanol–water partition coefficient (Wildman–Crippen LogP) is 2.87. The van der Waals surface area contributed by atoms with Crippen LogP contribution >= 0.6 is 11.8 Å². The van der Waals surface area contributed by atoms with Gasteiger partial charge in [0, 0.05) is 30.9 Å². The van der Waals surface area contributed by atoms with Gasteiger partial charge >= 0.3 is 0 Å². The molecule has 0 aromatic rings. The van der Waals surface area contributed by atoms with Crippen LogP contribution in [0.25, 0.3) is 0 Å². The first-order chi connectivity index (χ1) is 9.85. The van der Waals surface area contributed by atoms with E-state index in [1.807, 2.05) is 11.8 Å². The number of amidine groups is 1. The van der Waals surface area contributed by atoms with Gasteiger partial charge < -0.3 is 5.32 Å². The average Bonchev–Trinajstić information content (AvgIpc) is 3.10. The summed E-state index contributed by atoms with van der Waals surface area (Å²) in [6.07, 6.45) is 11.2. The van der Waals surface area contributed by atoms with Crippen LogP contribution in [0.3, 0.4) is 0 Å². The molecule has 3 fully saturated rings. The molecule has 3 nitrogen and oxygen atoms in total. The SMILES string of the molecule is C1CCN2CCC(NC3=NCC4(CCCC4)CS3)C2C1. The summed E-state index contributed by atoms with van der Waals surface area (Å²) >= 11 is 2.01. The van der Waals surface area contributed by atoms with Gasteiger partial charge in [-0.25, -0.2) is 0 Å². The van der Waals surface area contributed by atoms with Crippen LogP contribution in [0.4, 0.5) is 0 Å². The third kappa shape index (κ3) is 2.50. The standard InChI is InChI=1S/C16H27N3S/c1-4-9-19-10-6-13(14(19)5-1)18-15-17-11-16(12-20-15)7-2-3-8-16/h13-14H,1-12H2,(H,17,18). The van der Waals surface area contributed by atoms with Gasteiger partial charge in [-0.05, 0) is 44.1 Å². The molecule has 1 saturated carbocycles. The zero-order valence-corrected chi connectivity index (χ0v) is 13.3. The van der Waals surface area contributed by atoms with E-state index in [0.717, 1.165) is 12.6 Å². The summed E-state index contributed by atoms with van der Waals surface area (Å²) < 4.78 is 0. The highest BCUT2D eigenvalue weighted by Gasteiger charge is 2.39. The van der Waals surface area contributed by atoms with Gasteiger partial charge in [-0.3, -0.25) is 9.89 Å². The fourth-order valence-corrected chi connectivity index (χ4v) is 5.85. The fraction of sp³-hybridized carbons (Fsp3) is 0.938. The topological polar surface area (TPSA) is 27.6 Å². The molecule has 0 radical (unpaired) electrons. The summed E-state index contributed by atoms with van der Waals surface area (Å²) in [6.45, 7) is 3.71. The molecular weight excluding hydrogens is 266 g/mol. The summed E-state index contributed by atoms with van der Waals surface area (Å²) in [4.78, 5) is 7.62. The van der Waals surface area contributed by atoms with Gasteiger partial charge in [0.2, 0.25) is 0 Å². The molecule has 1 aliphatic carbocycles. The molecular formula is C16H27N3S. The maximum Gasteiger partial charge on any atom is 0.156 e. The van der Waals surface area contributed by atoms with E-state index < -0.39 is 0 Å². The number of aliphatic imine (C=N–C) groups is 1. The Hall–Kier alpha value is -0.220. The highest BCUT2D eigenvalue weighted by Crippen LogP contribution is 2.43. The lowest BCUT2D eigenvalue weighted by Gasteiger charge is -2.35. The Balaban J connectivity index is 1.36. The number of nitrogens with one attached hydrogen (secondary N) is 1. The molecule has 3 heterocycles. The first kappa shape index (κ1) is 13.4.